The molecule has 0 aromatic heterocycles. The highest BCUT2D eigenvalue weighted by Crippen LogP contribution is 2.35. The summed E-state index contributed by atoms with van der Waals surface area (Å²) in [6.45, 7) is 3.57. The molecule has 0 atom stereocenters. The van der Waals surface area contributed by atoms with Crippen LogP contribution >= 0.6 is 0 Å². The van der Waals surface area contributed by atoms with Gasteiger partial charge in [-0.2, -0.15) is 0 Å². The molecule has 0 aliphatic heterocycles. The van der Waals surface area contributed by atoms with Gasteiger partial charge >= 0.3 is 0 Å². The number of hydrogen-bond donors (Lipinski definition) is 1. The number of benzene rings is 3. The average molecular weight is 406 g/mol. The summed E-state index contributed by atoms with van der Waals surface area (Å²) in [5.74, 6) is 0.799. The predicted molar refractivity (Wildman–Crippen MR) is 121 cm³/mol. The highest BCUT2D eigenvalue weighted by Gasteiger charge is 2.13. The molecule has 3 nitrogen and oxygen atoms in total. The van der Waals surface area contributed by atoms with Crippen LogP contribution in [0.25, 0.3) is 11.1 Å². The number of ether oxygens (including phenoxy) is 1. The van der Waals surface area contributed by atoms with Gasteiger partial charge in [-0.05, 0) is 84.8 Å². The lowest BCUT2D eigenvalue weighted by atomic mass is 9.88. The summed E-state index contributed by atoms with van der Waals surface area (Å²) in [7, 11) is 4.03. The zero-order chi connectivity index (χ0) is 21.5. The maximum Gasteiger partial charge on any atom is 0.123 e. The van der Waals surface area contributed by atoms with Gasteiger partial charge in [-0.1, -0.05) is 43.3 Å². The molecule has 0 heterocycles. The van der Waals surface area contributed by atoms with Gasteiger partial charge in [-0.25, -0.2) is 4.39 Å². The van der Waals surface area contributed by atoms with Crippen molar-refractivity contribution in [2.45, 2.75) is 13.3 Å². The standard InChI is InChI=1S/C26H28FNO2/c1-4-25(19-5-11-22(27)12-6-19)26(20-7-13-23(29)14-8-20)21-9-15-24(16-10-21)30-18-17-28(2)3/h5-16,29H,4,17-18H2,1-3H3. The molecular weight excluding hydrogens is 377 g/mol. The first kappa shape index (κ1) is 21.6. The van der Waals surface area contributed by atoms with E-state index in [9.17, 15) is 9.50 Å². The summed E-state index contributed by atoms with van der Waals surface area (Å²) < 4.78 is 19.3. The van der Waals surface area contributed by atoms with Gasteiger partial charge in [-0.3, -0.25) is 0 Å². The fraction of sp³-hybridized carbons (Fsp3) is 0.231. The number of phenols is 1. The van der Waals surface area contributed by atoms with E-state index in [0.29, 0.717) is 6.61 Å². The average Bonchev–Trinajstić information content (AvgIpc) is 2.74. The molecule has 0 radical (unpaired) electrons. The van der Waals surface area contributed by atoms with Gasteiger partial charge < -0.3 is 14.7 Å². The predicted octanol–water partition coefficient (Wildman–Crippen LogP) is 5.84. The van der Waals surface area contributed by atoms with E-state index in [1.807, 2.05) is 62.6 Å². The molecule has 0 spiro atoms. The van der Waals surface area contributed by atoms with E-state index in [-0.39, 0.29) is 11.6 Å². The van der Waals surface area contributed by atoms with Crippen molar-refractivity contribution in [3.8, 4) is 11.5 Å². The van der Waals surface area contributed by atoms with Crippen molar-refractivity contribution in [1.29, 1.82) is 0 Å². The Morgan fingerprint density at radius 3 is 1.90 bits per heavy atom. The fourth-order valence-corrected chi connectivity index (χ4v) is 3.38. The molecule has 0 fully saturated rings. The van der Waals surface area contributed by atoms with E-state index in [2.05, 4.69) is 11.8 Å². The van der Waals surface area contributed by atoms with Crippen LogP contribution in [0.1, 0.15) is 30.0 Å². The van der Waals surface area contributed by atoms with Gasteiger partial charge in [0.15, 0.2) is 0 Å². The number of phenolic OH excluding ortho intramolecular Hbond substituents is 1. The van der Waals surface area contributed by atoms with Gasteiger partial charge in [0.25, 0.3) is 0 Å². The molecule has 0 saturated carbocycles. The Morgan fingerprint density at radius 1 is 0.833 bits per heavy atom. The second kappa shape index (κ2) is 10.1. The summed E-state index contributed by atoms with van der Waals surface area (Å²) in [4.78, 5) is 2.08. The molecule has 1 N–H and O–H groups in total. The summed E-state index contributed by atoms with van der Waals surface area (Å²) in [5, 5.41) is 9.73. The molecular formula is C26H28FNO2. The minimum absolute atomic E-state index is 0.225. The van der Waals surface area contributed by atoms with Crippen LogP contribution in [0.3, 0.4) is 0 Å². The minimum Gasteiger partial charge on any atom is -0.508 e. The molecule has 0 unspecified atom stereocenters. The van der Waals surface area contributed by atoms with Crippen molar-refractivity contribution in [3.05, 3.63) is 95.3 Å². The molecule has 156 valence electrons. The SMILES string of the molecule is CCC(=C(c1ccc(O)cc1)c1ccc(OCCN(C)C)cc1)c1ccc(F)cc1. The molecule has 30 heavy (non-hydrogen) atoms. The monoisotopic (exact) mass is 405 g/mol. The first-order chi connectivity index (χ1) is 14.5. The Labute approximate surface area is 178 Å². The van der Waals surface area contributed by atoms with Crippen molar-refractivity contribution < 1.29 is 14.2 Å². The topological polar surface area (TPSA) is 32.7 Å². The molecule has 0 bridgehead atoms. The van der Waals surface area contributed by atoms with Crippen molar-refractivity contribution in [2.24, 2.45) is 0 Å². The Bertz CT molecular complexity index is 975. The van der Waals surface area contributed by atoms with Crippen molar-refractivity contribution >= 4 is 11.1 Å². The maximum atomic E-state index is 13.5. The minimum atomic E-state index is -0.250. The quantitative estimate of drug-likeness (QED) is 0.478. The fourth-order valence-electron chi connectivity index (χ4n) is 3.38. The number of hydrogen-bond acceptors (Lipinski definition) is 3. The van der Waals surface area contributed by atoms with E-state index in [0.717, 1.165) is 46.6 Å². The third-order valence-electron chi connectivity index (χ3n) is 4.95. The van der Waals surface area contributed by atoms with Crippen LogP contribution in [-0.4, -0.2) is 37.3 Å². The van der Waals surface area contributed by atoms with Gasteiger partial charge in [0.2, 0.25) is 0 Å². The highest BCUT2D eigenvalue weighted by molar-refractivity contribution is 5.98. The molecule has 0 aliphatic rings. The van der Waals surface area contributed by atoms with Crippen LogP contribution in [0.4, 0.5) is 4.39 Å². The van der Waals surface area contributed by atoms with Crippen LogP contribution in [-0.2, 0) is 0 Å². The molecule has 0 amide bonds. The number of nitrogens with zero attached hydrogens (tertiary/aromatic N) is 1. The number of halogens is 1. The number of allylic oxidation sites excluding steroid dienone is 1. The van der Waals surface area contributed by atoms with E-state index in [1.165, 1.54) is 12.1 Å². The van der Waals surface area contributed by atoms with Crippen molar-refractivity contribution in [3.63, 3.8) is 0 Å². The first-order valence-corrected chi connectivity index (χ1v) is 10.1. The molecule has 0 saturated heterocycles. The largest absolute Gasteiger partial charge is 0.508 e. The third-order valence-corrected chi connectivity index (χ3v) is 4.95. The molecule has 4 heteroatoms. The summed E-state index contributed by atoms with van der Waals surface area (Å²) in [6, 6.07) is 21.8. The zero-order valence-corrected chi connectivity index (χ0v) is 17.7. The lowest BCUT2D eigenvalue weighted by molar-refractivity contribution is 0.261. The smallest absolute Gasteiger partial charge is 0.123 e. The van der Waals surface area contributed by atoms with E-state index >= 15 is 0 Å². The Morgan fingerprint density at radius 2 is 1.37 bits per heavy atom. The van der Waals surface area contributed by atoms with E-state index < -0.39 is 0 Å². The van der Waals surface area contributed by atoms with Gasteiger partial charge in [0.05, 0.1) is 0 Å². The van der Waals surface area contributed by atoms with Crippen molar-refractivity contribution in [2.75, 3.05) is 27.2 Å². The Hall–Kier alpha value is -3.11. The summed E-state index contributed by atoms with van der Waals surface area (Å²) in [5.41, 5.74) is 5.19. The highest BCUT2D eigenvalue weighted by atomic mass is 19.1. The normalized spacial score (nSPS) is 12.0. The van der Waals surface area contributed by atoms with Crippen molar-refractivity contribution in [1.82, 2.24) is 4.90 Å². The first-order valence-electron chi connectivity index (χ1n) is 10.1. The summed E-state index contributed by atoms with van der Waals surface area (Å²) >= 11 is 0. The lowest BCUT2D eigenvalue weighted by Gasteiger charge is -2.17. The maximum absolute atomic E-state index is 13.5. The number of likely N-dealkylation sites (N-methyl/N-ethyl adjacent to an activating group) is 1. The lowest BCUT2D eigenvalue weighted by Crippen LogP contribution is -2.19. The number of rotatable bonds is 8. The molecule has 0 aliphatic carbocycles. The van der Waals surface area contributed by atoms with E-state index in [1.54, 1.807) is 12.1 Å². The van der Waals surface area contributed by atoms with E-state index in [4.69, 9.17) is 4.74 Å². The van der Waals surface area contributed by atoms with Crippen LogP contribution < -0.4 is 4.74 Å². The van der Waals surface area contributed by atoms with Gasteiger partial charge in [0.1, 0.15) is 23.9 Å². The Balaban J connectivity index is 2.03. The second-order valence-electron chi connectivity index (χ2n) is 7.44. The zero-order valence-electron chi connectivity index (χ0n) is 17.7. The molecule has 3 aromatic rings. The molecule has 3 rings (SSSR count). The van der Waals surface area contributed by atoms with Crippen LogP contribution in [0.15, 0.2) is 72.8 Å². The second-order valence-corrected chi connectivity index (χ2v) is 7.44. The van der Waals surface area contributed by atoms with Crippen LogP contribution in [0.2, 0.25) is 0 Å². The number of aromatic hydroxyl groups is 1. The summed E-state index contributed by atoms with van der Waals surface area (Å²) in [6.07, 6.45) is 0.781. The van der Waals surface area contributed by atoms with Gasteiger partial charge in [-0.15, -0.1) is 0 Å². The van der Waals surface area contributed by atoms with Gasteiger partial charge in [0, 0.05) is 6.54 Å². The van der Waals surface area contributed by atoms with Crippen LogP contribution in [0, 0.1) is 5.82 Å². The third kappa shape index (κ3) is 5.49. The molecule has 3 aromatic carbocycles. The van der Waals surface area contributed by atoms with Crippen LogP contribution in [0.5, 0.6) is 11.5 Å². The Kier molecular flexibility index (Phi) is 7.26.